The van der Waals surface area contributed by atoms with Crippen LogP contribution in [0.15, 0.2) is 28.7 Å². The van der Waals surface area contributed by atoms with E-state index in [1.165, 1.54) is 18.4 Å². The molecular formula is C13H16BrNO. The number of hydrogen-bond acceptors (Lipinski definition) is 1. The van der Waals surface area contributed by atoms with Crippen LogP contribution in [-0.2, 0) is 11.3 Å². The molecule has 0 aromatic heterocycles. The summed E-state index contributed by atoms with van der Waals surface area (Å²) in [4.78, 5) is 13.5. The van der Waals surface area contributed by atoms with Crippen molar-refractivity contribution in [2.24, 2.45) is 5.92 Å². The Bertz CT molecular complexity index is 387. The number of rotatable bonds is 4. The first kappa shape index (κ1) is 11.6. The van der Waals surface area contributed by atoms with E-state index in [9.17, 15) is 4.79 Å². The van der Waals surface area contributed by atoms with Crippen LogP contribution in [0.3, 0.4) is 0 Å². The molecule has 1 fully saturated rings. The number of halogens is 1. The standard InChI is InChI=1S/C13H16BrNO/c1-10(16)15(8-11-5-6-11)9-12-3-2-4-13(14)7-12/h2-4,7,11H,5-6,8-9H2,1H3. The number of nitrogens with zero attached hydrogens (tertiary/aromatic N) is 1. The molecule has 0 aliphatic heterocycles. The Morgan fingerprint density at radius 2 is 2.25 bits per heavy atom. The van der Waals surface area contributed by atoms with Crippen molar-refractivity contribution in [2.75, 3.05) is 6.54 Å². The van der Waals surface area contributed by atoms with Crippen molar-refractivity contribution in [3.05, 3.63) is 34.3 Å². The predicted octanol–water partition coefficient (Wildman–Crippen LogP) is 3.21. The van der Waals surface area contributed by atoms with Crippen molar-refractivity contribution < 1.29 is 4.79 Å². The Kier molecular flexibility index (Phi) is 3.64. The molecule has 0 bridgehead atoms. The number of carbonyl (C=O) groups is 1. The molecule has 0 heterocycles. The lowest BCUT2D eigenvalue weighted by Crippen LogP contribution is -2.30. The van der Waals surface area contributed by atoms with Crippen LogP contribution in [0.1, 0.15) is 25.3 Å². The summed E-state index contributed by atoms with van der Waals surface area (Å²) in [7, 11) is 0. The highest BCUT2D eigenvalue weighted by Gasteiger charge is 2.25. The van der Waals surface area contributed by atoms with Crippen LogP contribution >= 0.6 is 15.9 Å². The van der Waals surface area contributed by atoms with Gasteiger partial charge in [0.1, 0.15) is 0 Å². The first-order chi connectivity index (χ1) is 7.65. The second-order valence-electron chi connectivity index (χ2n) is 4.47. The first-order valence-corrected chi connectivity index (χ1v) is 6.44. The van der Waals surface area contributed by atoms with Crippen molar-refractivity contribution in [1.82, 2.24) is 4.90 Å². The van der Waals surface area contributed by atoms with E-state index in [0.717, 1.165) is 23.5 Å². The topological polar surface area (TPSA) is 20.3 Å². The Hall–Kier alpha value is -0.830. The number of carbonyl (C=O) groups excluding carboxylic acids is 1. The fourth-order valence-corrected chi connectivity index (χ4v) is 2.22. The van der Waals surface area contributed by atoms with Gasteiger partial charge in [-0.1, -0.05) is 28.1 Å². The zero-order valence-electron chi connectivity index (χ0n) is 9.45. The third-order valence-corrected chi connectivity index (χ3v) is 3.38. The Labute approximate surface area is 105 Å². The largest absolute Gasteiger partial charge is 0.338 e. The normalized spacial score (nSPS) is 14.9. The van der Waals surface area contributed by atoms with Crippen molar-refractivity contribution in [2.45, 2.75) is 26.3 Å². The SMILES string of the molecule is CC(=O)N(Cc1cccc(Br)c1)CC1CC1. The molecule has 2 nitrogen and oxygen atoms in total. The maximum atomic E-state index is 11.5. The lowest BCUT2D eigenvalue weighted by atomic mass is 10.2. The second-order valence-corrected chi connectivity index (χ2v) is 5.39. The summed E-state index contributed by atoms with van der Waals surface area (Å²) in [6.07, 6.45) is 2.56. The summed E-state index contributed by atoms with van der Waals surface area (Å²) in [5.41, 5.74) is 1.19. The highest BCUT2D eigenvalue weighted by atomic mass is 79.9. The van der Waals surface area contributed by atoms with E-state index in [1.807, 2.05) is 17.0 Å². The number of amides is 1. The van der Waals surface area contributed by atoms with Crippen LogP contribution in [0.25, 0.3) is 0 Å². The smallest absolute Gasteiger partial charge is 0.219 e. The molecule has 2 rings (SSSR count). The van der Waals surface area contributed by atoms with E-state index in [2.05, 4.69) is 28.1 Å². The summed E-state index contributed by atoms with van der Waals surface area (Å²) >= 11 is 3.45. The van der Waals surface area contributed by atoms with Gasteiger partial charge in [0.15, 0.2) is 0 Å². The van der Waals surface area contributed by atoms with E-state index in [1.54, 1.807) is 6.92 Å². The van der Waals surface area contributed by atoms with Crippen LogP contribution in [0.5, 0.6) is 0 Å². The molecule has 0 saturated heterocycles. The molecule has 0 radical (unpaired) electrons. The van der Waals surface area contributed by atoms with Gasteiger partial charge in [0.25, 0.3) is 0 Å². The van der Waals surface area contributed by atoms with Gasteiger partial charge < -0.3 is 4.90 Å². The van der Waals surface area contributed by atoms with Crippen molar-refractivity contribution in [1.29, 1.82) is 0 Å². The van der Waals surface area contributed by atoms with Crippen molar-refractivity contribution >= 4 is 21.8 Å². The highest BCUT2D eigenvalue weighted by Crippen LogP contribution is 2.30. The monoisotopic (exact) mass is 281 g/mol. The van der Waals surface area contributed by atoms with Gasteiger partial charge in [-0.05, 0) is 36.5 Å². The lowest BCUT2D eigenvalue weighted by molar-refractivity contribution is -0.129. The van der Waals surface area contributed by atoms with Crippen LogP contribution < -0.4 is 0 Å². The van der Waals surface area contributed by atoms with Crippen molar-refractivity contribution in [3.8, 4) is 0 Å². The van der Waals surface area contributed by atoms with Gasteiger partial charge in [0, 0.05) is 24.5 Å². The summed E-state index contributed by atoms with van der Waals surface area (Å²) in [5, 5.41) is 0. The van der Waals surface area contributed by atoms with Crippen molar-refractivity contribution in [3.63, 3.8) is 0 Å². The average molecular weight is 282 g/mol. The molecule has 86 valence electrons. The number of benzene rings is 1. The predicted molar refractivity (Wildman–Crippen MR) is 68.0 cm³/mol. The molecule has 1 amide bonds. The minimum atomic E-state index is 0.173. The van der Waals surface area contributed by atoms with E-state index < -0.39 is 0 Å². The molecule has 3 heteroatoms. The molecule has 0 N–H and O–H groups in total. The molecule has 1 aromatic rings. The maximum absolute atomic E-state index is 11.5. The Balaban J connectivity index is 2.01. The van der Waals surface area contributed by atoms with E-state index in [-0.39, 0.29) is 5.91 Å². The third kappa shape index (κ3) is 3.34. The quantitative estimate of drug-likeness (QED) is 0.830. The third-order valence-electron chi connectivity index (χ3n) is 2.88. The van der Waals surface area contributed by atoms with Crippen LogP contribution in [0.4, 0.5) is 0 Å². The van der Waals surface area contributed by atoms with Gasteiger partial charge in [-0.25, -0.2) is 0 Å². The van der Waals surface area contributed by atoms with Gasteiger partial charge >= 0.3 is 0 Å². The van der Waals surface area contributed by atoms with Crippen LogP contribution in [-0.4, -0.2) is 17.4 Å². The van der Waals surface area contributed by atoms with Gasteiger partial charge in [0.2, 0.25) is 5.91 Å². The summed E-state index contributed by atoms with van der Waals surface area (Å²) in [6.45, 7) is 3.30. The zero-order valence-corrected chi connectivity index (χ0v) is 11.0. The number of hydrogen-bond donors (Lipinski definition) is 0. The fraction of sp³-hybridized carbons (Fsp3) is 0.462. The molecular weight excluding hydrogens is 266 g/mol. The molecule has 0 atom stereocenters. The van der Waals surface area contributed by atoms with Gasteiger partial charge in [-0.15, -0.1) is 0 Å². The molecule has 1 aliphatic rings. The minimum Gasteiger partial charge on any atom is -0.338 e. The Morgan fingerprint density at radius 3 is 2.81 bits per heavy atom. The molecule has 0 unspecified atom stereocenters. The zero-order chi connectivity index (χ0) is 11.5. The Morgan fingerprint density at radius 1 is 1.50 bits per heavy atom. The van der Waals surface area contributed by atoms with E-state index in [0.29, 0.717) is 0 Å². The maximum Gasteiger partial charge on any atom is 0.219 e. The average Bonchev–Trinajstić information content (AvgIpc) is 3.00. The molecule has 1 aromatic carbocycles. The van der Waals surface area contributed by atoms with Gasteiger partial charge in [0.05, 0.1) is 0 Å². The lowest BCUT2D eigenvalue weighted by Gasteiger charge is -2.21. The molecule has 1 saturated carbocycles. The highest BCUT2D eigenvalue weighted by molar-refractivity contribution is 9.10. The van der Waals surface area contributed by atoms with E-state index in [4.69, 9.17) is 0 Å². The second kappa shape index (κ2) is 5.00. The summed E-state index contributed by atoms with van der Waals surface area (Å²) in [5.74, 6) is 0.919. The summed E-state index contributed by atoms with van der Waals surface area (Å²) < 4.78 is 1.07. The minimum absolute atomic E-state index is 0.173. The van der Waals surface area contributed by atoms with E-state index >= 15 is 0 Å². The summed E-state index contributed by atoms with van der Waals surface area (Å²) in [6, 6.07) is 8.15. The molecule has 1 aliphatic carbocycles. The molecule has 0 spiro atoms. The van der Waals surface area contributed by atoms with Gasteiger partial charge in [-0.3, -0.25) is 4.79 Å². The fourth-order valence-electron chi connectivity index (χ4n) is 1.77. The first-order valence-electron chi connectivity index (χ1n) is 5.65. The van der Waals surface area contributed by atoms with Gasteiger partial charge in [-0.2, -0.15) is 0 Å². The van der Waals surface area contributed by atoms with Crippen LogP contribution in [0.2, 0.25) is 0 Å². The van der Waals surface area contributed by atoms with Crippen LogP contribution in [0, 0.1) is 5.92 Å². The molecule has 16 heavy (non-hydrogen) atoms.